The van der Waals surface area contributed by atoms with Crippen molar-refractivity contribution in [2.45, 2.75) is 43.9 Å². The normalized spacial score (nSPS) is 26.3. The molecule has 0 spiro atoms. The highest BCUT2D eigenvalue weighted by molar-refractivity contribution is 5.36. The third-order valence-electron chi connectivity index (χ3n) is 4.46. The van der Waals surface area contributed by atoms with Crippen LogP contribution in [0.15, 0.2) is 24.5 Å². The molecule has 0 saturated carbocycles. The van der Waals surface area contributed by atoms with Gasteiger partial charge in [0, 0.05) is 13.3 Å². The zero-order valence-electron chi connectivity index (χ0n) is 16.2. The van der Waals surface area contributed by atoms with E-state index in [4.69, 9.17) is 24.2 Å². The molecule has 0 aliphatic carbocycles. The van der Waals surface area contributed by atoms with Gasteiger partial charge in [-0.3, -0.25) is 0 Å². The molecule has 3 N–H and O–H groups in total. The lowest BCUT2D eigenvalue weighted by molar-refractivity contribution is -0.292. The fourth-order valence-electron chi connectivity index (χ4n) is 2.91. The Morgan fingerprint density at radius 2 is 2.07 bits per heavy atom. The van der Waals surface area contributed by atoms with Crippen LogP contribution in [0.4, 0.5) is 0 Å². The Kier molecular flexibility index (Phi) is 7.63. The summed E-state index contributed by atoms with van der Waals surface area (Å²) in [6.07, 6.45) is -2.80. The van der Waals surface area contributed by atoms with Crippen LogP contribution in [0.1, 0.15) is 11.3 Å². The first-order valence-corrected chi connectivity index (χ1v) is 9.20. The van der Waals surface area contributed by atoms with Crippen molar-refractivity contribution in [1.82, 2.24) is 20.0 Å². The first-order chi connectivity index (χ1) is 14.5. The highest BCUT2D eigenvalue weighted by atomic mass is 16.7. The van der Waals surface area contributed by atoms with Gasteiger partial charge in [0.05, 0.1) is 26.0 Å². The van der Waals surface area contributed by atoms with Crippen molar-refractivity contribution in [3.63, 3.8) is 0 Å². The number of rotatable bonds is 9. The summed E-state index contributed by atoms with van der Waals surface area (Å²) in [7, 11) is 1.33. The second-order valence-electron chi connectivity index (χ2n) is 6.55. The maximum atomic E-state index is 10.1. The van der Waals surface area contributed by atoms with Gasteiger partial charge in [-0.2, -0.15) is 5.26 Å². The van der Waals surface area contributed by atoms with Crippen molar-refractivity contribution < 1.29 is 34.3 Å². The van der Waals surface area contributed by atoms with Crippen LogP contribution in [0.25, 0.3) is 0 Å². The highest BCUT2D eigenvalue weighted by Gasteiger charge is 2.44. The van der Waals surface area contributed by atoms with E-state index >= 15 is 0 Å². The summed E-state index contributed by atoms with van der Waals surface area (Å²) in [6.45, 7) is 0.725. The molecule has 1 aliphatic heterocycles. The largest absolute Gasteiger partial charge is 0.474 e. The summed E-state index contributed by atoms with van der Waals surface area (Å²) in [5.74, 6) is 0.252. The minimum atomic E-state index is -1.40. The first-order valence-electron chi connectivity index (χ1n) is 9.20. The highest BCUT2D eigenvalue weighted by Crippen LogP contribution is 2.22. The van der Waals surface area contributed by atoms with Gasteiger partial charge < -0.3 is 34.3 Å². The van der Waals surface area contributed by atoms with E-state index < -0.39 is 30.7 Å². The lowest BCUT2D eigenvalue weighted by atomic mass is 9.99. The van der Waals surface area contributed by atoms with Gasteiger partial charge in [-0.05, 0) is 12.1 Å². The molecule has 5 unspecified atom stereocenters. The molecule has 0 amide bonds. The Labute approximate surface area is 172 Å². The number of nitrogens with zero attached hydrogens (tertiary/aromatic N) is 5. The Bertz CT molecular complexity index is 855. The minimum Gasteiger partial charge on any atom is -0.474 e. The smallest absolute Gasteiger partial charge is 0.231 e. The van der Waals surface area contributed by atoms with Crippen LogP contribution in [0.3, 0.4) is 0 Å². The van der Waals surface area contributed by atoms with Crippen LogP contribution in [0.2, 0.25) is 0 Å². The number of aromatic nitrogens is 4. The van der Waals surface area contributed by atoms with E-state index in [1.807, 2.05) is 6.07 Å². The minimum absolute atomic E-state index is 0.0948. The summed E-state index contributed by atoms with van der Waals surface area (Å²) >= 11 is 0. The van der Waals surface area contributed by atoms with Crippen LogP contribution in [0.5, 0.6) is 5.88 Å². The van der Waals surface area contributed by atoms with Crippen LogP contribution in [-0.4, -0.2) is 86.3 Å². The fraction of sp³-hybridized carbons (Fsp3) is 0.556. The SMILES string of the molecule is COC1OC(Cn2cc(COCCOc3ncccc3C#N)nn2)C(O)C(O)C1O. The summed E-state index contributed by atoms with van der Waals surface area (Å²) in [5.41, 5.74) is 0.889. The van der Waals surface area contributed by atoms with Gasteiger partial charge >= 0.3 is 0 Å². The summed E-state index contributed by atoms with van der Waals surface area (Å²) in [4.78, 5) is 3.99. The second-order valence-corrected chi connectivity index (χ2v) is 6.55. The maximum Gasteiger partial charge on any atom is 0.231 e. The third kappa shape index (κ3) is 5.28. The van der Waals surface area contributed by atoms with Crippen LogP contribution in [-0.2, 0) is 27.4 Å². The van der Waals surface area contributed by atoms with E-state index in [2.05, 4.69) is 15.3 Å². The van der Waals surface area contributed by atoms with Crippen LogP contribution in [0, 0.1) is 11.3 Å². The topological polar surface area (TPSA) is 165 Å². The second kappa shape index (κ2) is 10.4. The van der Waals surface area contributed by atoms with Crippen LogP contribution >= 0.6 is 0 Å². The molecule has 2 aromatic rings. The lowest BCUT2D eigenvalue weighted by Crippen LogP contribution is -2.58. The Morgan fingerprint density at radius 3 is 2.83 bits per heavy atom. The van der Waals surface area contributed by atoms with Gasteiger partial charge in [0.15, 0.2) is 6.29 Å². The zero-order valence-corrected chi connectivity index (χ0v) is 16.2. The zero-order chi connectivity index (χ0) is 21.5. The number of nitriles is 1. The molecule has 0 aromatic carbocycles. The van der Waals surface area contributed by atoms with E-state index in [-0.39, 0.29) is 32.2 Å². The molecule has 1 saturated heterocycles. The first kappa shape index (κ1) is 22.0. The molecule has 0 radical (unpaired) electrons. The predicted octanol–water partition coefficient (Wildman–Crippen LogP) is -1.41. The molecule has 0 bridgehead atoms. The molecule has 12 heteroatoms. The molecule has 1 fully saturated rings. The van der Waals surface area contributed by atoms with Crippen molar-refractivity contribution in [3.05, 3.63) is 35.8 Å². The lowest BCUT2D eigenvalue weighted by Gasteiger charge is -2.39. The van der Waals surface area contributed by atoms with E-state index in [1.54, 1.807) is 18.3 Å². The molecule has 162 valence electrons. The molecular formula is C18H23N5O7. The van der Waals surface area contributed by atoms with E-state index in [0.717, 1.165) is 0 Å². The molecule has 3 heterocycles. The number of hydrogen-bond acceptors (Lipinski definition) is 11. The van der Waals surface area contributed by atoms with Crippen molar-refractivity contribution in [1.29, 1.82) is 5.26 Å². The number of methoxy groups -OCH3 is 1. The summed E-state index contributed by atoms with van der Waals surface area (Å²) < 4.78 is 22.8. The Hall–Kier alpha value is -2.66. The molecule has 3 rings (SSSR count). The van der Waals surface area contributed by atoms with E-state index in [1.165, 1.54) is 18.0 Å². The molecule has 5 atom stereocenters. The molecule has 1 aliphatic rings. The predicted molar refractivity (Wildman–Crippen MR) is 97.8 cm³/mol. The number of pyridine rings is 1. The van der Waals surface area contributed by atoms with Gasteiger partial charge in [0.25, 0.3) is 0 Å². The maximum absolute atomic E-state index is 10.1. The van der Waals surface area contributed by atoms with Gasteiger partial charge in [-0.25, -0.2) is 9.67 Å². The van der Waals surface area contributed by atoms with Crippen molar-refractivity contribution >= 4 is 0 Å². The monoisotopic (exact) mass is 421 g/mol. The van der Waals surface area contributed by atoms with Gasteiger partial charge in [-0.1, -0.05) is 5.21 Å². The number of aliphatic hydroxyl groups is 3. The average molecular weight is 421 g/mol. The number of hydrogen-bond donors (Lipinski definition) is 3. The summed E-state index contributed by atoms with van der Waals surface area (Å²) in [5, 5.41) is 46.7. The fourth-order valence-corrected chi connectivity index (χ4v) is 2.91. The quantitative estimate of drug-likeness (QED) is 0.407. The third-order valence-corrected chi connectivity index (χ3v) is 4.46. The van der Waals surface area contributed by atoms with Gasteiger partial charge in [0.1, 0.15) is 48.3 Å². The van der Waals surface area contributed by atoms with Crippen molar-refractivity contribution in [3.8, 4) is 11.9 Å². The van der Waals surface area contributed by atoms with Gasteiger partial charge in [-0.15, -0.1) is 5.10 Å². The van der Waals surface area contributed by atoms with Gasteiger partial charge in [0.2, 0.25) is 5.88 Å². The van der Waals surface area contributed by atoms with Crippen molar-refractivity contribution in [2.75, 3.05) is 20.3 Å². The Morgan fingerprint density at radius 1 is 1.23 bits per heavy atom. The number of ether oxygens (including phenoxy) is 4. The standard InChI is InChI=1S/C18H23N5O7/c1-27-18-16(26)15(25)14(24)13(30-18)9-23-8-12(21-22-23)10-28-5-6-29-17-11(7-19)3-2-4-20-17/h2-4,8,13-16,18,24-26H,5-6,9-10H2,1H3. The van der Waals surface area contributed by atoms with Crippen molar-refractivity contribution in [2.24, 2.45) is 0 Å². The number of aliphatic hydroxyl groups excluding tert-OH is 3. The van der Waals surface area contributed by atoms with Crippen LogP contribution < -0.4 is 4.74 Å². The average Bonchev–Trinajstić information content (AvgIpc) is 3.21. The molecule has 30 heavy (non-hydrogen) atoms. The Balaban J connectivity index is 1.43. The molecular weight excluding hydrogens is 398 g/mol. The molecule has 2 aromatic heterocycles. The summed E-state index contributed by atoms with van der Waals surface area (Å²) in [6, 6.07) is 5.27. The van der Waals surface area contributed by atoms with E-state index in [0.29, 0.717) is 11.3 Å². The molecule has 12 nitrogen and oxygen atoms in total. The van der Waals surface area contributed by atoms with E-state index in [9.17, 15) is 15.3 Å².